The summed E-state index contributed by atoms with van der Waals surface area (Å²) < 4.78 is 5.70. The first kappa shape index (κ1) is 20.0. The molecule has 0 heterocycles. The molecule has 4 nitrogen and oxygen atoms in total. The van der Waals surface area contributed by atoms with E-state index in [4.69, 9.17) is 10.5 Å². The molecule has 0 radical (unpaired) electrons. The summed E-state index contributed by atoms with van der Waals surface area (Å²) in [5.41, 5.74) is 6.91. The van der Waals surface area contributed by atoms with Gasteiger partial charge in [0.2, 0.25) is 0 Å². The minimum Gasteiger partial charge on any atom is -0.493 e. The van der Waals surface area contributed by atoms with Gasteiger partial charge in [0.25, 0.3) is 0 Å². The van der Waals surface area contributed by atoms with E-state index in [0.717, 1.165) is 24.5 Å². The summed E-state index contributed by atoms with van der Waals surface area (Å²) in [6.45, 7) is 10.7. The van der Waals surface area contributed by atoms with Crippen molar-refractivity contribution in [1.29, 1.82) is 0 Å². The molecule has 0 aliphatic heterocycles. The van der Waals surface area contributed by atoms with Crippen LogP contribution in [0.4, 0.5) is 0 Å². The van der Waals surface area contributed by atoms with Gasteiger partial charge < -0.3 is 15.8 Å². The quantitative estimate of drug-likeness (QED) is 0.415. The number of hydrogen-bond acceptors (Lipinski definition) is 2. The molecular weight excluding hydrogens is 377 g/mol. The lowest BCUT2D eigenvalue weighted by Crippen LogP contribution is -2.34. The summed E-state index contributed by atoms with van der Waals surface area (Å²) in [5, 5.41) is 3.10. The first-order chi connectivity index (χ1) is 9.47. The smallest absolute Gasteiger partial charge is 0.188 e. The van der Waals surface area contributed by atoms with E-state index >= 15 is 0 Å². The van der Waals surface area contributed by atoms with Gasteiger partial charge in [-0.15, -0.1) is 24.0 Å². The van der Waals surface area contributed by atoms with Crippen molar-refractivity contribution in [3.63, 3.8) is 0 Å². The second-order valence-electron chi connectivity index (χ2n) is 5.83. The molecule has 0 aliphatic carbocycles. The van der Waals surface area contributed by atoms with Crippen LogP contribution in [0.15, 0.2) is 29.3 Å². The van der Waals surface area contributed by atoms with Crippen molar-refractivity contribution in [2.45, 2.75) is 34.2 Å². The Bertz CT molecular complexity index is 433. The van der Waals surface area contributed by atoms with Crippen LogP contribution in [-0.2, 0) is 6.54 Å². The molecule has 3 N–H and O–H groups in total. The molecule has 5 heteroatoms. The van der Waals surface area contributed by atoms with Crippen molar-refractivity contribution in [2.75, 3.05) is 13.2 Å². The number of hydrogen-bond donors (Lipinski definition) is 2. The first-order valence-corrected chi connectivity index (χ1v) is 7.23. The van der Waals surface area contributed by atoms with E-state index in [1.807, 2.05) is 24.3 Å². The third-order valence-corrected chi connectivity index (χ3v) is 2.61. The van der Waals surface area contributed by atoms with Gasteiger partial charge in [0.05, 0.1) is 13.2 Å². The standard InChI is InChI=1S/C16H27N3O.HI/c1-12(2)9-18-16(17)19-10-14-6-5-7-15(8-14)20-11-13(3)4;/h5-8,12-13H,9-11H2,1-4H3,(H3,17,18,19);1H. The van der Waals surface area contributed by atoms with Crippen molar-refractivity contribution < 1.29 is 4.74 Å². The van der Waals surface area contributed by atoms with E-state index in [0.29, 0.717) is 24.3 Å². The summed E-state index contributed by atoms with van der Waals surface area (Å²) in [4.78, 5) is 4.33. The van der Waals surface area contributed by atoms with Gasteiger partial charge in [-0.05, 0) is 29.5 Å². The SMILES string of the molecule is CC(C)CNC(N)=NCc1cccc(OCC(C)C)c1.I. The number of ether oxygens (including phenoxy) is 1. The van der Waals surface area contributed by atoms with E-state index in [2.05, 4.69) is 38.0 Å². The number of nitrogens with one attached hydrogen (secondary N) is 1. The fraction of sp³-hybridized carbons (Fsp3) is 0.562. The normalized spacial score (nSPS) is 11.4. The highest BCUT2D eigenvalue weighted by Crippen LogP contribution is 2.14. The number of nitrogens with zero attached hydrogens (tertiary/aromatic N) is 1. The van der Waals surface area contributed by atoms with Crippen LogP contribution in [-0.4, -0.2) is 19.1 Å². The molecule has 21 heavy (non-hydrogen) atoms. The molecule has 0 saturated carbocycles. The van der Waals surface area contributed by atoms with E-state index in [-0.39, 0.29) is 24.0 Å². The van der Waals surface area contributed by atoms with Gasteiger partial charge in [0.15, 0.2) is 5.96 Å². The van der Waals surface area contributed by atoms with Gasteiger partial charge in [-0.3, -0.25) is 0 Å². The monoisotopic (exact) mass is 405 g/mol. The Morgan fingerprint density at radius 3 is 2.57 bits per heavy atom. The molecule has 0 spiro atoms. The summed E-state index contributed by atoms with van der Waals surface area (Å²) >= 11 is 0. The highest BCUT2D eigenvalue weighted by atomic mass is 127. The molecule has 1 aromatic carbocycles. The lowest BCUT2D eigenvalue weighted by molar-refractivity contribution is 0.271. The average molecular weight is 405 g/mol. The molecule has 0 saturated heterocycles. The van der Waals surface area contributed by atoms with Crippen LogP contribution in [0.5, 0.6) is 5.75 Å². The number of halogens is 1. The Labute approximate surface area is 145 Å². The molecule has 0 bridgehead atoms. The molecule has 0 unspecified atom stereocenters. The fourth-order valence-electron chi connectivity index (χ4n) is 1.54. The maximum absolute atomic E-state index is 5.81. The maximum Gasteiger partial charge on any atom is 0.188 e. The molecule has 0 atom stereocenters. The van der Waals surface area contributed by atoms with Gasteiger partial charge in [0.1, 0.15) is 5.75 Å². The molecule has 0 fully saturated rings. The second kappa shape index (κ2) is 10.7. The molecule has 0 aromatic heterocycles. The minimum atomic E-state index is 0. The predicted molar refractivity (Wildman–Crippen MR) is 100 cm³/mol. The van der Waals surface area contributed by atoms with Gasteiger partial charge in [0, 0.05) is 6.54 Å². The van der Waals surface area contributed by atoms with Crippen molar-refractivity contribution in [3.05, 3.63) is 29.8 Å². The van der Waals surface area contributed by atoms with Gasteiger partial charge in [-0.1, -0.05) is 39.8 Å². The van der Waals surface area contributed by atoms with Crippen LogP contribution in [0.25, 0.3) is 0 Å². The zero-order chi connectivity index (χ0) is 15.0. The summed E-state index contributed by atoms with van der Waals surface area (Å²) in [7, 11) is 0. The third kappa shape index (κ3) is 9.55. The zero-order valence-corrected chi connectivity index (χ0v) is 15.8. The average Bonchev–Trinajstić information content (AvgIpc) is 2.41. The van der Waals surface area contributed by atoms with E-state index in [9.17, 15) is 0 Å². The van der Waals surface area contributed by atoms with Gasteiger partial charge >= 0.3 is 0 Å². The van der Waals surface area contributed by atoms with Gasteiger partial charge in [-0.25, -0.2) is 4.99 Å². The van der Waals surface area contributed by atoms with Crippen LogP contribution >= 0.6 is 24.0 Å². The Morgan fingerprint density at radius 2 is 1.95 bits per heavy atom. The Hall–Kier alpha value is -0.980. The van der Waals surface area contributed by atoms with Crippen molar-refractivity contribution in [2.24, 2.45) is 22.6 Å². The second-order valence-corrected chi connectivity index (χ2v) is 5.83. The van der Waals surface area contributed by atoms with E-state index in [1.165, 1.54) is 0 Å². The molecular formula is C16H28IN3O. The Morgan fingerprint density at radius 1 is 1.24 bits per heavy atom. The van der Waals surface area contributed by atoms with Crippen LogP contribution in [0.1, 0.15) is 33.3 Å². The summed E-state index contributed by atoms with van der Waals surface area (Å²) in [6.07, 6.45) is 0. The largest absolute Gasteiger partial charge is 0.493 e. The van der Waals surface area contributed by atoms with Crippen molar-refractivity contribution in [1.82, 2.24) is 5.32 Å². The lowest BCUT2D eigenvalue weighted by atomic mass is 10.2. The number of guanidine groups is 1. The molecule has 0 aliphatic rings. The highest BCUT2D eigenvalue weighted by molar-refractivity contribution is 14.0. The predicted octanol–water partition coefficient (Wildman–Crippen LogP) is 3.40. The molecule has 1 rings (SSSR count). The number of benzene rings is 1. The summed E-state index contributed by atoms with van der Waals surface area (Å²) in [5.74, 6) is 2.45. The highest BCUT2D eigenvalue weighted by Gasteiger charge is 2.00. The Balaban J connectivity index is 0.00000400. The van der Waals surface area contributed by atoms with Crippen molar-refractivity contribution in [3.8, 4) is 5.75 Å². The minimum absolute atomic E-state index is 0. The van der Waals surface area contributed by atoms with E-state index < -0.39 is 0 Å². The maximum atomic E-state index is 5.81. The third-order valence-electron chi connectivity index (χ3n) is 2.61. The zero-order valence-electron chi connectivity index (χ0n) is 13.4. The molecule has 0 amide bonds. The number of aliphatic imine (C=N–C) groups is 1. The van der Waals surface area contributed by atoms with Crippen LogP contribution in [0, 0.1) is 11.8 Å². The fourth-order valence-corrected chi connectivity index (χ4v) is 1.54. The van der Waals surface area contributed by atoms with Crippen molar-refractivity contribution >= 4 is 29.9 Å². The van der Waals surface area contributed by atoms with Crippen LogP contribution in [0.2, 0.25) is 0 Å². The Kier molecular flexibility index (Phi) is 10.2. The molecule has 120 valence electrons. The lowest BCUT2D eigenvalue weighted by Gasteiger charge is -2.10. The number of rotatable bonds is 7. The summed E-state index contributed by atoms with van der Waals surface area (Å²) in [6, 6.07) is 8.00. The molecule has 1 aromatic rings. The van der Waals surface area contributed by atoms with Gasteiger partial charge in [-0.2, -0.15) is 0 Å². The van der Waals surface area contributed by atoms with E-state index in [1.54, 1.807) is 0 Å². The van der Waals surface area contributed by atoms with Crippen LogP contribution in [0.3, 0.4) is 0 Å². The topological polar surface area (TPSA) is 59.6 Å². The number of nitrogens with two attached hydrogens (primary N) is 1. The van der Waals surface area contributed by atoms with Crippen LogP contribution < -0.4 is 15.8 Å². The first-order valence-electron chi connectivity index (χ1n) is 7.23.